The first-order valence-corrected chi connectivity index (χ1v) is 5.98. The van der Waals surface area contributed by atoms with E-state index < -0.39 is 0 Å². The number of hydrogen-bond acceptors (Lipinski definition) is 3. The molecule has 0 spiro atoms. The van der Waals surface area contributed by atoms with Crippen molar-refractivity contribution in [3.8, 4) is 0 Å². The number of carbonyl (C=O) groups is 1. The van der Waals surface area contributed by atoms with Gasteiger partial charge in [-0.05, 0) is 30.8 Å². The van der Waals surface area contributed by atoms with Gasteiger partial charge in [-0.1, -0.05) is 25.3 Å². The van der Waals surface area contributed by atoms with E-state index in [4.69, 9.17) is 12.2 Å². The van der Waals surface area contributed by atoms with Crippen LogP contribution in [-0.4, -0.2) is 10.8 Å². The summed E-state index contributed by atoms with van der Waals surface area (Å²) in [7, 11) is 0. The minimum Gasteiger partial charge on any atom is -0.337 e. The Hall–Kier alpha value is -1.26. The lowest BCUT2D eigenvalue weighted by Gasteiger charge is -2.03. The lowest BCUT2D eigenvalue weighted by atomic mass is 10.1. The molecule has 0 aliphatic carbocycles. The van der Waals surface area contributed by atoms with Gasteiger partial charge in [0.1, 0.15) is 5.78 Å². The SMILES string of the molecule is C=C/C=C(/CC(C)=O)c1[nH]c(=S)sc1C=C. The van der Waals surface area contributed by atoms with Crippen molar-refractivity contribution in [1.82, 2.24) is 4.98 Å². The highest BCUT2D eigenvalue weighted by Crippen LogP contribution is 2.26. The predicted octanol–water partition coefficient (Wildman–Crippen LogP) is 4.00. The molecule has 0 atom stereocenters. The van der Waals surface area contributed by atoms with Crippen LogP contribution in [0, 0.1) is 3.95 Å². The Balaban J connectivity index is 3.25. The van der Waals surface area contributed by atoms with E-state index in [1.807, 2.05) is 6.08 Å². The summed E-state index contributed by atoms with van der Waals surface area (Å²) in [6, 6.07) is 0. The number of ketones is 1. The van der Waals surface area contributed by atoms with E-state index in [1.165, 1.54) is 11.3 Å². The minimum atomic E-state index is 0.105. The van der Waals surface area contributed by atoms with Gasteiger partial charge in [0.25, 0.3) is 0 Å². The van der Waals surface area contributed by atoms with E-state index in [0.29, 0.717) is 10.4 Å². The number of aromatic nitrogens is 1. The summed E-state index contributed by atoms with van der Waals surface area (Å²) >= 11 is 6.53. The van der Waals surface area contributed by atoms with E-state index in [9.17, 15) is 4.79 Å². The molecule has 0 amide bonds. The largest absolute Gasteiger partial charge is 0.337 e. The molecule has 0 aliphatic rings. The zero-order chi connectivity index (χ0) is 12.1. The third-order valence-corrected chi connectivity index (χ3v) is 3.17. The maximum atomic E-state index is 11.2. The second kappa shape index (κ2) is 5.72. The lowest BCUT2D eigenvalue weighted by molar-refractivity contribution is -0.116. The highest BCUT2D eigenvalue weighted by molar-refractivity contribution is 7.73. The topological polar surface area (TPSA) is 32.9 Å². The summed E-state index contributed by atoms with van der Waals surface area (Å²) in [5, 5.41) is 0. The van der Waals surface area contributed by atoms with Gasteiger partial charge in [0.2, 0.25) is 0 Å². The number of Topliss-reactive ketones (excluding diaryl/α,β-unsaturated/α-hetero) is 1. The number of aromatic amines is 1. The molecule has 1 rings (SSSR count). The van der Waals surface area contributed by atoms with Crippen LogP contribution in [0.15, 0.2) is 25.3 Å². The van der Waals surface area contributed by atoms with Gasteiger partial charge in [0, 0.05) is 6.42 Å². The van der Waals surface area contributed by atoms with E-state index in [-0.39, 0.29) is 5.78 Å². The first kappa shape index (κ1) is 12.8. The fourth-order valence-electron chi connectivity index (χ4n) is 1.36. The monoisotopic (exact) mass is 251 g/mol. The molecule has 0 radical (unpaired) electrons. The van der Waals surface area contributed by atoms with Crippen LogP contribution in [0.25, 0.3) is 11.6 Å². The summed E-state index contributed by atoms with van der Waals surface area (Å²) in [6.45, 7) is 8.94. The van der Waals surface area contributed by atoms with Gasteiger partial charge in [-0.25, -0.2) is 0 Å². The van der Waals surface area contributed by atoms with E-state index in [2.05, 4.69) is 18.1 Å². The first-order chi connectivity index (χ1) is 7.58. The zero-order valence-corrected chi connectivity index (χ0v) is 10.7. The van der Waals surface area contributed by atoms with Gasteiger partial charge in [0.05, 0.1) is 10.6 Å². The molecule has 1 N–H and O–H groups in total. The normalized spacial score (nSPS) is 11.2. The molecule has 1 aromatic heterocycles. The average molecular weight is 251 g/mol. The minimum absolute atomic E-state index is 0.105. The molecule has 1 heterocycles. The lowest BCUT2D eigenvalue weighted by Crippen LogP contribution is -1.95. The van der Waals surface area contributed by atoms with Crippen LogP contribution in [0.4, 0.5) is 0 Å². The summed E-state index contributed by atoms with van der Waals surface area (Å²) in [4.78, 5) is 15.2. The second-order valence-electron chi connectivity index (χ2n) is 3.26. The maximum absolute atomic E-state index is 11.2. The van der Waals surface area contributed by atoms with Crippen molar-refractivity contribution in [2.45, 2.75) is 13.3 Å². The Bertz CT molecular complexity index is 505. The third-order valence-electron chi connectivity index (χ3n) is 1.94. The Labute approximate surface area is 104 Å². The highest BCUT2D eigenvalue weighted by Gasteiger charge is 2.10. The molecule has 1 aromatic rings. The Morgan fingerprint density at radius 3 is 2.75 bits per heavy atom. The van der Waals surface area contributed by atoms with Gasteiger partial charge in [-0.15, -0.1) is 11.3 Å². The molecule has 84 valence electrons. The van der Waals surface area contributed by atoms with Crippen LogP contribution >= 0.6 is 23.6 Å². The first-order valence-electron chi connectivity index (χ1n) is 4.75. The number of nitrogens with one attached hydrogen (secondary N) is 1. The number of thiazole rings is 1. The number of carbonyl (C=O) groups excluding carboxylic acids is 1. The molecule has 0 saturated carbocycles. The molecule has 0 aliphatic heterocycles. The third kappa shape index (κ3) is 3.12. The van der Waals surface area contributed by atoms with E-state index in [0.717, 1.165) is 16.1 Å². The Kier molecular flexibility index (Phi) is 4.58. The second-order valence-corrected chi connectivity index (χ2v) is 4.98. The standard InChI is InChI=1S/C12H13NOS2/c1-4-6-9(7-8(3)14)11-10(5-2)16-12(15)13-11/h4-6H,1-2,7H2,3H3,(H,13,15)/b9-6-. The van der Waals surface area contributed by atoms with Crippen LogP contribution in [-0.2, 0) is 4.79 Å². The molecule has 0 fully saturated rings. The number of hydrogen-bond donors (Lipinski definition) is 1. The van der Waals surface area contributed by atoms with Crippen molar-refractivity contribution in [1.29, 1.82) is 0 Å². The van der Waals surface area contributed by atoms with Gasteiger partial charge in [-0.2, -0.15) is 0 Å². The van der Waals surface area contributed by atoms with Crippen molar-refractivity contribution >= 4 is 41.0 Å². The molecule has 0 unspecified atom stereocenters. The zero-order valence-electron chi connectivity index (χ0n) is 9.08. The average Bonchev–Trinajstić information content (AvgIpc) is 2.58. The fourth-order valence-corrected chi connectivity index (χ4v) is 2.46. The van der Waals surface area contributed by atoms with Crippen LogP contribution in [0.1, 0.15) is 23.9 Å². The van der Waals surface area contributed by atoms with Crippen LogP contribution in [0.3, 0.4) is 0 Å². The molecule has 0 saturated heterocycles. The molecule has 4 heteroatoms. The van der Waals surface area contributed by atoms with Crippen molar-refractivity contribution in [3.05, 3.63) is 39.8 Å². The Morgan fingerprint density at radius 2 is 2.25 bits per heavy atom. The maximum Gasteiger partial charge on any atom is 0.159 e. The van der Waals surface area contributed by atoms with Crippen molar-refractivity contribution in [3.63, 3.8) is 0 Å². The number of rotatable bonds is 5. The van der Waals surface area contributed by atoms with E-state index >= 15 is 0 Å². The fraction of sp³-hybridized carbons (Fsp3) is 0.167. The smallest absolute Gasteiger partial charge is 0.159 e. The van der Waals surface area contributed by atoms with Crippen LogP contribution in [0.2, 0.25) is 0 Å². The summed E-state index contributed by atoms with van der Waals surface area (Å²) < 4.78 is 0.684. The summed E-state index contributed by atoms with van der Waals surface area (Å²) in [5.74, 6) is 0.105. The molecular weight excluding hydrogens is 238 g/mol. The van der Waals surface area contributed by atoms with E-state index in [1.54, 1.807) is 19.1 Å². The van der Waals surface area contributed by atoms with Gasteiger partial charge < -0.3 is 4.98 Å². The predicted molar refractivity (Wildman–Crippen MR) is 73.1 cm³/mol. The summed E-state index contributed by atoms with van der Waals surface area (Å²) in [5.41, 5.74) is 1.77. The Morgan fingerprint density at radius 1 is 1.56 bits per heavy atom. The molecule has 0 bridgehead atoms. The molecular formula is C12H13NOS2. The van der Waals surface area contributed by atoms with Gasteiger partial charge in [0.15, 0.2) is 3.95 Å². The highest BCUT2D eigenvalue weighted by atomic mass is 32.1. The molecule has 16 heavy (non-hydrogen) atoms. The van der Waals surface area contributed by atoms with Crippen LogP contribution in [0.5, 0.6) is 0 Å². The van der Waals surface area contributed by atoms with Gasteiger partial charge >= 0.3 is 0 Å². The number of allylic oxidation sites excluding steroid dienone is 3. The van der Waals surface area contributed by atoms with Crippen molar-refractivity contribution in [2.24, 2.45) is 0 Å². The van der Waals surface area contributed by atoms with Gasteiger partial charge in [-0.3, -0.25) is 4.79 Å². The van der Waals surface area contributed by atoms with Crippen LogP contribution < -0.4 is 0 Å². The van der Waals surface area contributed by atoms with Crippen molar-refractivity contribution < 1.29 is 4.79 Å². The molecule has 0 aromatic carbocycles. The molecule has 2 nitrogen and oxygen atoms in total. The quantitative estimate of drug-likeness (QED) is 0.634. The summed E-state index contributed by atoms with van der Waals surface area (Å²) in [6.07, 6.45) is 5.60. The number of H-pyrrole nitrogens is 1. The van der Waals surface area contributed by atoms with Crippen molar-refractivity contribution in [2.75, 3.05) is 0 Å².